The van der Waals surface area contributed by atoms with Crippen molar-refractivity contribution >= 4 is 33.2 Å². The van der Waals surface area contributed by atoms with Crippen LogP contribution in [0.25, 0.3) is 10.1 Å². The van der Waals surface area contributed by atoms with Gasteiger partial charge < -0.3 is 0 Å². The summed E-state index contributed by atoms with van der Waals surface area (Å²) in [5.74, 6) is 0. The number of thiophene rings is 1. The zero-order valence-corrected chi connectivity index (χ0v) is 11.1. The molecule has 1 heterocycles. The van der Waals surface area contributed by atoms with Crippen LogP contribution in [-0.2, 0) is 0 Å². The third-order valence-corrected chi connectivity index (χ3v) is 5.11. The fourth-order valence-electron chi connectivity index (χ4n) is 1.82. The number of hydrogen-bond donors (Lipinski definition) is 0. The molecule has 0 saturated heterocycles. The molecule has 0 radical (unpaired) electrons. The van der Waals surface area contributed by atoms with Gasteiger partial charge in [0.25, 0.3) is 0 Å². The summed E-state index contributed by atoms with van der Waals surface area (Å²) in [6.07, 6.45) is 0. The van der Waals surface area contributed by atoms with Crippen LogP contribution in [0.3, 0.4) is 0 Å². The van der Waals surface area contributed by atoms with E-state index in [1.165, 1.54) is 25.4 Å². The van der Waals surface area contributed by atoms with Crippen molar-refractivity contribution in [2.45, 2.75) is 16.7 Å². The molecule has 0 atom stereocenters. The van der Waals surface area contributed by atoms with Crippen LogP contribution in [0.4, 0.5) is 0 Å². The second-order valence-electron chi connectivity index (χ2n) is 3.96. The first-order valence-corrected chi connectivity index (χ1v) is 7.24. The maximum atomic E-state index is 2.25. The lowest BCUT2D eigenvalue weighted by Crippen LogP contribution is -1.77. The first kappa shape index (κ1) is 10.9. The molecule has 3 rings (SSSR count). The Labute approximate surface area is 109 Å². The third-order valence-electron chi connectivity index (χ3n) is 2.76. The van der Waals surface area contributed by atoms with Crippen LogP contribution in [0.2, 0.25) is 0 Å². The Morgan fingerprint density at radius 1 is 0.882 bits per heavy atom. The summed E-state index contributed by atoms with van der Waals surface area (Å²) < 4.78 is 1.36. The molecule has 0 amide bonds. The van der Waals surface area contributed by atoms with Crippen molar-refractivity contribution in [2.75, 3.05) is 0 Å². The second kappa shape index (κ2) is 4.55. The van der Waals surface area contributed by atoms with Gasteiger partial charge in [0.15, 0.2) is 0 Å². The van der Waals surface area contributed by atoms with Crippen LogP contribution in [0, 0.1) is 6.92 Å². The third kappa shape index (κ3) is 2.11. The molecule has 0 nitrogen and oxygen atoms in total. The van der Waals surface area contributed by atoms with Gasteiger partial charge in [-0.1, -0.05) is 48.2 Å². The number of benzene rings is 2. The molecule has 17 heavy (non-hydrogen) atoms. The molecule has 84 valence electrons. The van der Waals surface area contributed by atoms with E-state index in [0.29, 0.717) is 0 Å². The average molecular weight is 256 g/mol. The lowest BCUT2D eigenvalue weighted by Gasteiger charge is -2.03. The lowest BCUT2D eigenvalue weighted by molar-refractivity contribution is 1.30. The Hall–Kier alpha value is -1.25. The molecule has 0 bridgehead atoms. The summed E-state index contributed by atoms with van der Waals surface area (Å²) in [6.45, 7) is 2.16. The predicted octanol–water partition coefficient (Wildman–Crippen LogP) is 5.36. The summed E-state index contributed by atoms with van der Waals surface area (Å²) in [4.78, 5) is 2.70. The Morgan fingerprint density at radius 2 is 1.65 bits per heavy atom. The topological polar surface area (TPSA) is 0 Å². The van der Waals surface area contributed by atoms with Crippen LogP contribution >= 0.6 is 23.1 Å². The fourth-order valence-corrected chi connectivity index (χ4v) is 3.95. The van der Waals surface area contributed by atoms with Crippen LogP contribution in [0.15, 0.2) is 63.7 Å². The number of hydrogen-bond acceptors (Lipinski definition) is 2. The van der Waals surface area contributed by atoms with Gasteiger partial charge in [-0.3, -0.25) is 0 Å². The molecule has 0 saturated carbocycles. The van der Waals surface area contributed by atoms with Crippen LogP contribution < -0.4 is 0 Å². The van der Waals surface area contributed by atoms with Crippen molar-refractivity contribution in [1.29, 1.82) is 0 Å². The van der Waals surface area contributed by atoms with E-state index in [1.54, 1.807) is 0 Å². The van der Waals surface area contributed by atoms with Gasteiger partial charge in [-0.25, -0.2) is 0 Å². The van der Waals surface area contributed by atoms with E-state index in [2.05, 4.69) is 60.8 Å². The van der Waals surface area contributed by atoms with Gasteiger partial charge in [0.2, 0.25) is 0 Å². The normalized spacial score (nSPS) is 10.9. The highest BCUT2D eigenvalue weighted by atomic mass is 32.2. The van der Waals surface area contributed by atoms with Crippen LogP contribution in [0.1, 0.15) is 5.56 Å². The average Bonchev–Trinajstić information content (AvgIpc) is 2.76. The summed E-state index contributed by atoms with van der Waals surface area (Å²) >= 11 is 3.68. The van der Waals surface area contributed by atoms with Crippen molar-refractivity contribution in [3.05, 3.63) is 59.5 Å². The molecule has 0 fully saturated rings. The number of rotatable bonds is 2. The number of aryl methyl sites for hydroxylation is 1. The van der Waals surface area contributed by atoms with E-state index in [1.807, 2.05) is 23.1 Å². The smallest absolute Gasteiger partial charge is 0.0354 e. The highest BCUT2D eigenvalue weighted by Gasteiger charge is 2.06. The Kier molecular flexibility index (Phi) is 2.91. The van der Waals surface area contributed by atoms with Gasteiger partial charge in [-0.2, -0.15) is 0 Å². The van der Waals surface area contributed by atoms with Gasteiger partial charge in [0, 0.05) is 25.3 Å². The van der Waals surface area contributed by atoms with Crippen molar-refractivity contribution in [1.82, 2.24) is 0 Å². The zero-order chi connectivity index (χ0) is 11.7. The maximum Gasteiger partial charge on any atom is 0.0354 e. The van der Waals surface area contributed by atoms with Crippen molar-refractivity contribution < 1.29 is 0 Å². The van der Waals surface area contributed by atoms with Gasteiger partial charge in [-0.15, -0.1) is 11.3 Å². The molecule has 0 aliphatic rings. The van der Waals surface area contributed by atoms with Gasteiger partial charge in [-0.05, 0) is 24.6 Å². The summed E-state index contributed by atoms with van der Waals surface area (Å²) in [6, 6.07) is 17.1. The minimum absolute atomic E-state index is 1.34. The molecule has 0 aliphatic carbocycles. The van der Waals surface area contributed by atoms with E-state index in [9.17, 15) is 0 Å². The molecule has 2 aromatic carbocycles. The van der Waals surface area contributed by atoms with E-state index >= 15 is 0 Å². The molecule has 2 heteroatoms. The first-order valence-electron chi connectivity index (χ1n) is 5.54. The predicted molar refractivity (Wildman–Crippen MR) is 77.1 cm³/mol. The molecule has 3 aromatic rings. The fraction of sp³-hybridized carbons (Fsp3) is 0.0667. The van der Waals surface area contributed by atoms with Crippen molar-refractivity contribution in [2.24, 2.45) is 0 Å². The van der Waals surface area contributed by atoms with E-state index in [0.717, 1.165) is 0 Å². The molecule has 0 unspecified atom stereocenters. The second-order valence-corrected chi connectivity index (χ2v) is 5.96. The molecular formula is C15H12S2. The minimum Gasteiger partial charge on any atom is -0.143 e. The molecule has 0 aliphatic heterocycles. The Balaban J connectivity index is 2.03. The Bertz CT molecular complexity index is 653. The lowest BCUT2D eigenvalue weighted by atomic mass is 10.2. The molecular weight excluding hydrogens is 244 g/mol. The van der Waals surface area contributed by atoms with Crippen molar-refractivity contribution in [3.8, 4) is 0 Å². The highest BCUT2D eigenvalue weighted by Crippen LogP contribution is 2.38. The van der Waals surface area contributed by atoms with Gasteiger partial charge in [0.1, 0.15) is 0 Å². The van der Waals surface area contributed by atoms with Crippen LogP contribution in [0.5, 0.6) is 0 Å². The largest absolute Gasteiger partial charge is 0.143 e. The quantitative estimate of drug-likeness (QED) is 0.594. The summed E-state index contributed by atoms with van der Waals surface area (Å²) in [5, 5.41) is 3.62. The molecule has 1 aromatic heterocycles. The maximum absolute atomic E-state index is 2.25. The Morgan fingerprint density at radius 3 is 2.53 bits per heavy atom. The van der Waals surface area contributed by atoms with E-state index < -0.39 is 0 Å². The molecule has 0 N–H and O–H groups in total. The van der Waals surface area contributed by atoms with Crippen LogP contribution in [-0.4, -0.2) is 0 Å². The number of fused-ring (bicyclic) bond motifs is 1. The molecule has 0 spiro atoms. The minimum atomic E-state index is 1.34. The van der Waals surface area contributed by atoms with Gasteiger partial charge in [0.05, 0.1) is 0 Å². The van der Waals surface area contributed by atoms with Crippen molar-refractivity contribution in [3.63, 3.8) is 0 Å². The van der Waals surface area contributed by atoms with Gasteiger partial charge >= 0.3 is 0 Å². The van der Waals surface area contributed by atoms with E-state index in [4.69, 9.17) is 0 Å². The SMILES string of the molecule is Cc1ccccc1Sc1csc2ccccc12. The zero-order valence-electron chi connectivity index (χ0n) is 9.51. The summed E-state index contributed by atoms with van der Waals surface area (Å²) in [7, 11) is 0. The standard InChI is InChI=1S/C15H12S2/c1-11-6-2-4-8-13(11)17-15-10-16-14-9-5-3-7-12(14)15/h2-10H,1H3. The monoisotopic (exact) mass is 256 g/mol. The highest BCUT2D eigenvalue weighted by molar-refractivity contribution is 7.99. The first-order chi connectivity index (χ1) is 8.34. The van der Waals surface area contributed by atoms with E-state index in [-0.39, 0.29) is 0 Å². The summed E-state index contributed by atoms with van der Waals surface area (Å²) in [5.41, 5.74) is 1.34.